The van der Waals surface area contributed by atoms with Gasteiger partial charge in [-0.3, -0.25) is 4.98 Å². The number of halogens is 1. The van der Waals surface area contributed by atoms with Crippen molar-refractivity contribution in [2.45, 2.75) is 31.4 Å². The van der Waals surface area contributed by atoms with Gasteiger partial charge in [0.1, 0.15) is 16.5 Å². The predicted octanol–water partition coefficient (Wildman–Crippen LogP) is 2.95. The third-order valence-corrected chi connectivity index (χ3v) is 6.58. The fourth-order valence-electron chi connectivity index (χ4n) is 3.61. The van der Waals surface area contributed by atoms with E-state index in [0.717, 1.165) is 11.9 Å². The second-order valence-electron chi connectivity index (χ2n) is 8.40. The summed E-state index contributed by atoms with van der Waals surface area (Å²) in [5, 5.41) is 7.99. The Balaban J connectivity index is 1.47. The Hall–Kier alpha value is -3.84. The molecule has 0 aliphatic rings. The average Bonchev–Trinajstić information content (AvgIpc) is 3.11. The summed E-state index contributed by atoms with van der Waals surface area (Å²) in [7, 11) is -1.66. The quantitative estimate of drug-likeness (QED) is 0.298. The van der Waals surface area contributed by atoms with Crippen molar-refractivity contribution in [2.75, 3.05) is 23.9 Å². The van der Waals surface area contributed by atoms with E-state index in [2.05, 4.69) is 35.3 Å². The minimum atomic E-state index is -3.45. The lowest BCUT2D eigenvalue weighted by atomic mass is 10.1. The summed E-state index contributed by atoms with van der Waals surface area (Å²) in [6, 6.07) is 3.30. The topological polar surface area (TPSA) is 164 Å². The standard InChI is InChI=1S/C23H26ClN9O3S/c1-13(36-23-21(14(2)32-33(23)3)22-27-8-6-19(25)31-22)5-7-26-16-9-18(24)29-10-15(16)17-11-30-20(12-28-17)37(4,34)35/h6,8-13H,5,7H2,1-4H3,(H,26,29)(H2,25,27,31)/t13-/m0/s1. The number of hydrogen-bond acceptors (Lipinski definition) is 11. The Kier molecular flexibility index (Phi) is 7.55. The van der Waals surface area contributed by atoms with Gasteiger partial charge in [-0.05, 0) is 26.0 Å². The van der Waals surface area contributed by atoms with Gasteiger partial charge >= 0.3 is 0 Å². The number of nitrogens with two attached hydrogens (primary N) is 1. The minimum absolute atomic E-state index is 0.105. The van der Waals surface area contributed by atoms with Crippen molar-refractivity contribution in [1.29, 1.82) is 0 Å². The van der Waals surface area contributed by atoms with Crippen LogP contribution in [-0.4, -0.2) is 62.0 Å². The molecule has 4 rings (SSSR count). The van der Waals surface area contributed by atoms with Gasteiger partial charge in [-0.1, -0.05) is 11.6 Å². The van der Waals surface area contributed by atoms with Gasteiger partial charge in [0.25, 0.3) is 0 Å². The first kappa shape index (κ1) is 26.2. The van der Waals surface area contributed by atoms with Gasteiger partial charge in [-0.25, -0.2) is 33.0 Å². The van der Waals surface area contributed by atoms with Crippen LogP contribution in [0, 0.1) is 6.92 Å². The van der Waals surface area contributed by atoms with Crippen molar-refractivity contribution < 1.29 is 13.2 Å². The molecule has 0 spiro atoms. The molecule has 0 aromatic carbocycles. The van der Waals surface area contributed by atoms with Crippen molar-refractivity contribution in [1.82, 2.24) is 34.7 Å². The van der Waals surface area contributed by atoms with Crippen LogP contribution >= 0.6 is 11.6 Å². The number of hydrogen-bond donors (Lipinski definition) is 2. The molecule has 3 N–H and O–H groups in total. The predicted molar refractivity (Wildman–Crippen MR) is 140 cm³/mol. The van der Waals surface area contributed by atoms with E-state index in [4.69, 9.17) is 22.1 Å². The normalized spacial score (nSPS) is 12.4. The van der Waals surface area contributed by atoms with Crippen LogP contribution in [0.25, 0.3) is 22.6 Å². The van der Waals surface area contributed by atoms with E-state index < -0.39 is 9.84 Å². The fourth-order valence-corrected chi connectivity index (χ4v) is 4.26. The fraction of sp³-hybridized carbons (Fsp3) is 0.304. The van der Waals surface area contributed by atoms with Crippen molar-refractivity contribution >= 4 is 32.9 Å². The summed E-state index contributed by atoms with van der Waals surface area (Å²) < 4.78 is 31.3. The van der Waals surface area contributed by atoms with Crippen molar-refractivity contribution in [2.24, 2.45) is 7.05 Å². The largest absolute Gasteiger partial charge is 0.474 e. The molecule has 0 bridgehead atoms. The van der Waals surface area contributed by atoms with Crippen LogP contribution in [-0.2, 0) is 16.9 Å². The average molecular weight is 544 g/mol. The molecule has 0 amide bonds. The molecule has 1 atom stereocenters. The lowest BCUT2D eigenvalue weighted by molar-refractivity contribution is 0.198. The summed E-state index contributed by atoms with van der Waals surface area (Å²) >= 11 is 6.12. The maximum Gasteiger partial charge on any atom is 0.223 e. The van der Waals surface area contributed by atoms with E-state index in [1.807, 2.05) is 13.8 Å². The van der Waals surface area contributed by atoms with E-state index in [1.54, 1.807) is 36.3 Å². The Morgan fingerprint density at radius 1 is 1.19 bits per heavy atom. The molecule has 0 aliphatic heterocycles. The zero-order valence-electron chi connectivity index (χ0n) is 20.7. The van der Waals surface area contributed by atoms with Gasteiger partial charge < -0.3 is 15.8 Å². The van der Waals surface area contributed by atoms with Gasteiger partial charge in [0.05, 0.1) is 29.9 Å². The molecule has 0 unspecified atom stereocenters. The number of pyridine rings is 1. The zero-order valence-corrected chi connectivity index (χ0v) is 22.2. The highest BCUT2D eigenvalue weighted by Gasteiger charge is 2.21. The molecular weight excluding hydrogens is 518 g/mol. The first-order valence-corrected chi connectivity index (χ1v) is 13.5. The number of nitrogen functional groups attached to an aromatic ring is 1. The molecule has 4 heterocycles. The van der Waals surface area contributed by atoms with Crippen molar-refractivity contribution in [3.63, 3.8) is 0 Å². The molecule has 0 saturated carbocycles. The zero-order chi connectivity index (χ0) is 26.7. The number of nitrogens with one attached hydrogen (secondary N) is 1. The number of aromatic nitrogens is 7. The maximum atomic E-state index is 11.7. The Morgan fingerprint density at radius 2 is 1.97 bits per heavy atom. The monoisotopic (exact) mass is 543 g/mol. The highest BCUT2D eigenvalue weighted by molar-refractivity contribution is 7.90. The SMILES string of the molecule is Cc1nn(C)c(O[C@@H](C)CCNc2cc(Cl)ncc2-c2cnc(S(C)(=O)=O)cn2)c1-c1nccc(N)n1. The Bertz CT molecular complexity index is 1530. The van der Waals surface area contributed by atoms with Gasteiger partial charge in [0.15, 0.2) is 20.7 Å². The van der Waals surface area contributed by atoms with Gasteiger partial charge in [0, 0.05) is 49.9 Å². The molecule has 14 heteroatoms. The van der Waals surface area contributed by atoms with Gasteiger partial charge in [-0.2, -0.15) is 5.10 Å². The molecule has 12 nitrogen and oxygen atoms in total. The van der Waals surface area contributed by atoms with Crippen LogP contribution in [0.3, 0.4) is 0 Å². The summed E-state index contributed by atoms with van der Waals surface area (Å²) in [5.74, 6) is 1.35. The highest BCUT2D eigenvalue weighted by atomic mass is 35.5. The molecule has 4 aromatic heterocycles. The lowest BCUT2D eigenvalue weighted by Crippen LogP contribution is -2.19. The van der Waals surface area contributed by atoms with Crippen LogP contribution in [0.15, 0.2) is 41.9 Å². The van der Waals surface area contributed by atoms with Crippen LogP contribution in [0.4, 0.5) is 11.5 Å². The first-order valence-electron chi connectivity index (χ1n) is 11.2. The molecule has 194 valence electrons. The third-order valence-electron chi connectivity index (χ3n) is 5.40. The number of rotatable bonds is 9. The van der Waals surface area contributed by atoms with E-state index in [0.29, 0.717) is 58.1 Å². The second-order valence-corrected chi connectivity index (χ2v) is 10.8. The van der Waals surface area contributed by atoms with E-state index in [1.165, 1.54) is 12.4 Å². The number of sulfone groups is 1. The maximum absolute atomic E-state index is 11.7. The van der Waals surface area contributed by atoms with Crippen molar-refractivity contribution in [3.05, 3.63) is 47.8 Å². The molecule has 0 fully saturated rings. The molecule has 4 aromatic rings. The van der Waals surface area contributed by atoms with Gasteiger partial charge in [-0.15, -0.1) is 0 Å². The second kappa shape index (κ2) is 10.6. The third kappa shape index (κ3) is 6.12. The van der Waals surface area contributed by atoms with Gasteiger partial charge in [0.2, 0.25) is 5.88 Å². The van der Waals surface area contributed by atoms with E-state index in [9.17, 15) is 8.42 Å². The van der Waals surface area contributed by atoms with Crippen LogP contribution < -0.4 is 15.8 Å². The van der Waals surface area contributed by atoms with E-state index in [-0.39, 0.29) is 11.1 Å². The molecule has 0 saturated heterocycles. The number of ether oxygens (including phenoxy) is 1. The van der Waals surface area contributed by atoms with Crippen molar-refractivity contribution in [3.8, 4) is 28.5 Å². The molecule has 37 heavy (non-hydrogen) atoms. The van der Waals surface area contributed by atoms with E-state index >= 15 is 0 Å². The number of anilines is 2. The Morgan fingerprint density at radius 3 is 2.65 bits per heavy atom. The minimum Gasteiger partial charge on any atom is -0.474 e. The van der Waals surface area contributed by atoms with Crippen LogP contribution in [0.2, 0.25) is 5.15 Å². The van der Waals surface area contributed by atoms with Crippen LogP contribution in [0.1, 0.15) is 19.0 Å². The summed E-state index contributed by atoms with van der Waals surface area (Å²) in [6.45, 7) is 4.34. The molecular formula is C23H26ClN9O3S. The first-order chi connectivity index (χ1) is 17.5. The highest BCUT2D eigenvalue weighted by Crippen LogP contribution is 2.32. The molecule has 0 radical (unpaired) electrons. The summed E-state index contributed by atoms with van der Waals surface area (Å²) in [5.41, 5.74) is 9.03. The smallest absolute Gasteiger partial charge is 0.223 e. The number of aryl methyl sites for hydroxylation is 2. The Labute approximate surface area is 219 Å². The summed E-state index contributed by atoms with van der Waals surface area (Å²) in [6.07, 6.45) is 7.27. The molecule has 0 aliphatic carbocycles. The number of nitrogens with zero attached hydrogens (tertiary/aromatic N) is 7. The summed E-state index contributed by atoms with van der Waals surface area (Å²) in [4.78, 5) is 21.0. The lowest BCUT2D eigenvalue weighted by Gasteiger charge is -2.17. The van der Waals surface area contributed by atoms with Crippen LogP contribution in [0.5, 0.6) is 5.88 Å².